The molecule has 32 heavy (non-hydrogen) atoms. The van der Waals surface area contributed by atoms with Gasteiger partial charge >= 0.3 is 0 Å². The van der Waals surface area contributed by atoms with Crippen LogP contribution in [0.3, 0.4) is 0 Å². The van der Waals surface area contributed by atoms with E-state index >= 15 is 0 Å². The monoisotopic (exact) mass is 428 g/mol. The van der Waals surface area contributed by atoms with Crippen molar-refractivity contribution in [3.8, 4) is 11.8 Å². The number of carbonyl (C=O) groups excluding carboxylic acids is 2. The van der Waals surface area contributed by atoms with Gasteiger partial charge in [-0.3, -0.25) is 14.5 Å². The second kappa shape index (κ2) is 8.36. The maximum atomic E-state index is 14.9. The molecular weight excluding hydrogens is 411 g/mol. The molecule has 1 aliphatic heterocycles. The van der Waals surface area contributed by atoms with Crippen molar-refractivity contribution in [2.45, 2.75) is 6.04 Å². The third kappa shape index (κ3) is 3.38. The van der Waals surface area contributed by atoms with Crippen LogP contribution < -0.4 is 9.64 Å². The van der Waals surface area contributed by atoms with Gasteiger partial charge in [-0.15, -0.1) is 0 Å². The first kappa shape index (κ1) is 20.8. The first-order chi connectivity index (χ1) is 15.5. The fraction of sp³-hybridized carbons (Fsp3) is 0.0800. The molecule has 1 fully saturated rings. The molecule has 3 aromatic carbocycles. The highest BCUT2D eigenvalue weighted by Crippen LogP contribution is 2.43. The molecule has 0 saturated carbocycles. The van der Waals surface area contributed by atoms with E-state index in [2.05, 4.69) is 0 Å². The quantitative estimate of drug-likeness (QED) is 0.379. The molecule has 3 aromatic rings. The maximum absolute atomic E-state index is 14.9. The van der Waals surface area contributed by atoms with E-state index in [1.807, 2.05) is 6.07 Å². The van der Waals surface area contributed by atoms with E-state index < -0.39 is 29.3 Å². The van der Waals surface area contributed by atoms with Crippen LogP contribution in [0.2, 0.25) is 0 Å². The van der Waals surface area contributed by atoms with E-state index in [4.69, 9.17) is 10.00 Å². The van der Waals surface area contributed by atoms with Crippen LogP contribution in [-0.4, -0.2) is 23.9 Å². The Hall–Kier alpha value is -4.44. The summed E-state index contributed by atoms with van der Waals surface area (Å²) in [6.45, 7) is 0. The molecule has 1 N–H and O–H groups in total. The summed E-state index contributed by atoms with van der Waals surface area (Å²) in [6.07, 6.45) is 0. The lowest BCUT2D eigenvalue weighted by atomic mass is 9.94. The molecule has 1 aliphatic rings. The normalized spacial score (nSPS) is 17.3. The SMILES string of the molecule is COc1ccccc1/C(O)=C1/C(=O)C(=O)N(c2ccc(C#N)cc2)C1c1ccccc1F. The number of nitriles is 1. The van der Waals surface area contributed by atoms with Gasteiger partial charge in [0.15, 0.2) is 0 Å². The Morgan fingerprint density at radius 3 is 2.34 bits per heavy atom. The van der Waals surface area contributed by atoms with Gasteiger partial charge in [0.05, 0.1) is 35.9 Å². The van der Waals surface area contributed by atoms with Crippen molar-refractivity contribution in [2.75, 3.05) is 12.0 Å². The molecule has 1 saturated heterocycles. The van der Waals surface area contributed by atoms with Crippen molar-refractivity contribution in [1.82, 2.24) is 0 Å². The zero-order chi connectivity index (χ0) is 22.8. The number of Topliss-reactive ketones (excluding diaryl/α,β-unsaturated/α-hetero) is 1. The predicted molar refractivity (Wildman–Crippen MR) is 115 cm³/mol. The van der Waals surface area contributed by atoms with Crippen LogP contribution in [0.25, 0.3) is 5.76 Å². The summed E-state index contributed by atoms with van der Waals surface area (Å²) in [5.41, 5.74) is 0.649. The Balaban J connectivity index is 1.98. The zero-order valence-corrected chi connectivity index (χ0v) is 16.9. The molecule has 0 aromatic heterocycles. The minimum Gasteiger partial charge on any atom is -0.507 e. The maximum Gasteiger partial charge on any atom is 0.300 e. The molecule has 1 atom stereocenters. The number of benzene rings is 3. The smallest absolute Gasteiger partial charge is 0.300 e. The molecule has 0 radical (unpaired) electrons. The average molecular weight is 428 g/mol. The number of halogens is 1. The van der Waals surface area contributed by atoms with Crippen LogP contribution in [0.5, 0.6) is 5.75 Å². The Morgan fingerprint density at radius 2 is 1.69 bits per heavy atom. The van der Waals surface area contributed by atoms with Gasteiger partial charge in [-0.05, 0) is 42.5 Å². The number of para-hydroxylation sites is 1. The minimum atomic E-state index is -1.21. The highest BCUT2D eigenvalue weighted by molar-refractivity contribution is 6.51. The van der Waals surface area contributed by atoms with Gasteiger partial charge in [0, 0.05) is 11.3 Å². The largest absolute Gasteiger partial charge is 0.507 e. The molecular formula is C25H17FN2O4. The first-order valence-electron chi connectivity index (χ1n) is 9.67. The van der Waals surface area contributed by atoms with E-state index in [-0.39, 0.29) is 16.7 Å². The van der Waals surface area contributed by atoms with Crippen LogP contribution >= 0.6 is 0 Å². The van der Waals surface area contributed by atoms with Gasteiger partial charge in [0.1, 0.15) is 17.3 Å². The average Bonchev–Trinajstić information content (AvgIpc) is 3.09. The minimum absolute atomic E-state index is 0.0486. The second-order valence-corrected chi connectivity index (χ2v) is 7.05. The topological polar surface area (TPSA) is 90.6 Å². The van der Waals surface area contributed by atoms with E-state index in [1.165, 1.54) is 49.6 Å². The molecule has 0 bridgehead atoms. The molecule has 0 spiro atoms. The molecule has 1 amide bonds. The fourth-order valence-corrected chi connectivity index (χ4v) is 3.77. The van der Waals surface area contributed by atoms with Crippen molar-refractivity contribution < 1.29 is 23.8 Å². The van der Waals surface area contributed by atoms with Crippen molar-refractivity contribution in [1.29, 1.82) is 5.26 Å². The van der Waals surface area contributed by atoms with Crippen molar-refractivity contribution in [3.05, 3.63) is 101 Å². The van der Waals surface area contributed by atoms with E-state index in [1.54, 1.807) is 30.3 Å². The van der Waals surface area contributed by atoms with E-state index in [0.29, 0.717) is 17.0 Å². The van der Waals surface area contributed by atoms with Crippen LogP contribution in [0.1, 0.15) is 22.7 Å². The highest BCUT2D eigenvalue weighted by Gasteiger charge is 2.48. The number of hydrogen-bond acceptors (Lipinski definition) is 5. The van der Waals surface area contributed by atoms with Crippen molar-refractivity contribution in [3.63, 3.8) is 0 Å². The van der Waals surface area contributed by atoms with Crippen LogP contribution in [0.4, 0.5) is 10.1 Å². The van der Waals surface area contributed by atoms with Gasteiger partial charge in [-0.25, -0.2) is 4.39 Å². The molecule has 0 aliphatic carbocycles. The lowest BCUT2D eigenvalue weighted by Crippen LogP contribution is -2.29. The number of hydrogen-bond donors (Lipinski definition) is 1. The highest BCUT2D eigenvalue weighted by atomic mass is 19.1. The van der Waals surface area contributed by atoms with Crippen molar-refractivity contribution >= 4 is 23.1 Å². The van der Waals surface area contributed by atoms with Gasteiger partial charge in [0.25, 0.3) is 11.7 Å². The van der Waals surface area contributed by atoms with Gasteiger partial charge in [-0.2, -0.15) is 5.26 Å². The summed E-state index contributed by atoms with van der Waals surface area (Å²) in [6, 6.07) is 19.0. The van der Waals surface area contributed by atoms with Crippen molar-refractivity contribution in [2.24, 2.45) is 0 Å². The molecule has 7 heteroatoms. The van der Waals surface area contributed by atoms with Gasteiger partial charge < -0.3 is 9.84 Å². The third-order valence-corrected chi connectivity index (χ3v) is 5.28. The summed E-state index contributed by atoms with van der Waals surface area (Å²) in [7, 11) is 1.41. The summed E-state index contributed by atoms with van der Waals surface area (Å²) < 4.78 is 20.1. The number of rotatable bonds is 4. The number of ether oxygens (including phenoxy) is 1. The number of ketones is 1. The van der Waals surface area contributed by atoms with Gasteiger partial charge in [0.2, 0.25) is 0 Å². The number of nitrogens with zero attached hydrogens (tertiary/aromatic N) is 2. The Bertz CT molecular complexity index is 1290. The standard InChI is InChI=1S/C25H17FN2O4/c1-32-20-9-5-3-7-18(20)23(29)21-22(17-6-2-4-8-19(17)26)28(25(31)24(21)30)16-12-10-15(14-27)11-13-16/h2-13,22,29H,1H3/b23-21-. The lowest BCUT2D eigenvalue weighted by Gasteiger charge is -2.26. The van der Waals surface area contributed by atoms with Gasteiger partial charge in [-0.1, -0.05) is 30.3 Å². The molecule has 1 unspecified atom stereocenters. The second-order valence-electron chi connectivity index (χ2n) is 7.05. The molecule has 6 nitrogen and oxygen atoms in total. The number of aliphatic hydroxyl groups excluding tert-OH is 1. The fourth-order valence-electron chi connectivity index (χ4n) is 3.77. The van der Waals surface area contributed by atoms with E-state index in [0.717, 1.165) is 4.90 Å². The van der Waals surface area contributed by atoms with Crippen LogP contribution in [-0.2, 0) is 9.59 Å². The number of methoxy groups -OCH3 is 1. The number of anilines is 1. The Morgan fingerprint density at radius 1 is 1.03 bits per heavy atom. The van der Waals surface area contributed by atoms with Crippen LogP contribution in [0.15, 0.2) is 78.4 Å². The third-order valence-electron chi connectivity index (χ3n) is 5.28. The summed E-state index contributed by atoms with van der Waals surface area (Å²) >= 11 is 0. The van der Waals surface area contributed by atoms with Crippen LogP contribution in [0, 0.1) is 17.1 Å². The molecule has 158 valence electrons. The number of amides is 1. The summed E-state index contributed by atoms with van der Waals surface area (Å²) in [5.74, 6) is -2.68. The zero-order valence-electron chi connectivity index (χ0n) is 16.9. The summed E-state index contributed by atoms with van der Waals surface area (Å²) in [4.78, 5) is 27.3. The summed E-state index contributed by atoms with van der Waals surface area (Å²) in [5, 5.41) is 20.2. The molecule has 4 rings (SSSR count). The number of aliphatic hydroxyl groups is 1. The first-order valence-corrected chi connectivity index (χ1v) is 9.67. The van der Waals surface area contributed by atoms with E-state index in [9.17, 15) is 19.1 Å². The Kier molecular flexibility index (Phi) is 5.44. The lowest BCUT2D eigenvalue weighted by molar-refractivity contribution is -0.132. The number of carbonyl (C=O) groups is 2. The molecule has 1 heterocycles. The Labute approximate surface area is 183 Å². The predicted octanol–water partition coefficient (Wildman–Crippen LogP) is 4.33.